The number of ether oxygens (including phenoxy) is 1. The van der Waals surface area contributed by atoms with Crippen molar-refractivity contribution >= 4 is 0 Å². The highest BCUT2D eigenvalue weighted by Crippen LogP contribution is 2.23. The van der Waals surface area contributed by atoms with Crippen LogP contribution in [0.25, 0.3) is 0 Å². The van der Waals surface area contributed by atoms with Crippen molar-refractivity contribution in [1.29, 1.82) is 0 Å². The Balaban J connectivity index is 2.66. The fourth-order valence-electron chi connectivity index (χ4n) is 1.65. The van der Waals surface area contributed by atoms with Crippen molar-refractivity contribution in [1.82, 2.24) is 14.8 Å². The van der Waals surface area contributed by atoms with Gasteiger partial charge in [0.2, 0.25) is 0 Å². The van der Waals surface area contributed by atoms with Crippen LogP contribution >= 0.6 is 0 Å². The van der Waals surface area contributed by atoms with Gasteiger partial charge in [-0.2, -0.15) is 5.10 Å². The summed E-state index contributed by atoms with van der Waals surface area (Å²) in [5.41, 5.74) is 3.99. The molecule has 0 fully saturated rings. The molecule has 0 bridgehead atoms. The Labute approximate surface area is 94.8 Å². The SMILES string of the molecule is COCC(F)(CCCN)Cc1ncnn1C. The Bertz CT molecular complexity index is 318. The second-order valence-corrected chi connectivity index (χ2v) is 3.95. The van der Waals surface area contributed by atoms with Gasteiger partial charge >= 0.3 is 0 Å². The third kappa shape index (κ3) is 3.53. The number of halogens is 1. The van der Waals surface area contributed by atoms with Crippen LogP contribution in [0.1, 0.15) is 18.7 Å². The molecule has 1 unspecified atom stereocenters. The first-order valence-electron chi connectivity index (χ1n) is 5.32. The van der Waals surface area contributed by atoms with Gasteiger partial charge in [0.15, 0.2) is 0 Å². The topological polar surface area (TPSA) is 66.0 Å². The molecule has 1 rings (SSSR count). The van der Waals surface area contributed by atoms with Crippen molar-refractivity contribution in [3.63, 3.8) is 0 Å². The van der Waals surface area contributed by atoms with Crippen molar-refractivity contribution in [2.45, 2.75) is 24.9 Å². The highest BCUT2D eigenvalue weighted by molar-refractivity contribution is 4.94. The van der Waals surface area contributed by atoms with Gasteiger partial charge in [-0.3, -0.25) is 4.68 Å². The summed E-state index contributed by atoms with van der Waals surface area (Å²) in [6.45, 7) is 0.536. The Kier molecular flexibility index (Phi) is 4.82. The monoisotopic (exact) mass is 230 g/mol. The number of rotatable bonds is 7. The Morgan fingerprint density at radius 3 is 2.88 bits per heavy atom. The standard InChI is InChI=1S/C10H19FN4O/c1-15-9(13-8-14-15)6-10(11,7-16-2)4-3-5-12/h8H,3-7,12H2,1-2H3. The minimum absolute atomic E-state index is 0.0554. The van der Waals surface area contributed by atoms with E-state index in [1.54, 1.807) is 11.7 Å². The third-order valence-electron chi connectivity index (χ3n) is 2.51. The number of hydrogen-bond donors (Lipinski definition) is 1. The highest BCUT2D eigenvalue weighted by atomic mass is 19.1. The highest BCUT2D eigenvalue weighted by Gasteiger charge is 2.31. The molecule has 1 heterocycles. The summed E-state index contributed by atoms with van der Waals surface area (Å²) in [7, 11) is 3.24. The van der Waals surface area contributed by atoms with Crippen LogP contribution in [0.3, 0.4) is 0 Å². The van der Waals surface area contributed by atoms with Crippen LogP contribution in [0.4, 0.5) is 4.39 Å². The number of aromatic nitrogens is 3. The summed E-state index contributed by atoms with van der Waals surface area (Å²) in [5, 5.41) is 3.91. The molecule has 0 radical (unpaired) electrons. The second-order valence-electron chi connectivity index (χ2n) is 3.95. The van der Waals surface area contributed by atoms with Crippen molar-refractivity contribution < 1.29 is 9.13 Å². The number of aryl methyl sites for hydroxylation is 1. The second kappa shape index (κ2) is 5.91. The summed E-state index contributed by atoms with van der Waals surface area (Å²) < 4.78 is 21.0. The summed E-state index contributed by atoms with van der Waals surface area (Å²) in [6.07, 6.45) is 2.64. The largest absolute Gasteiger partial charge is 0.381 e. The van der Waals surface area contributed by atoms with Crippen LogP contribution in [0.15, 0.2) is 6.33 Å². The molecule has 0 aliphatic rings. The number of hydrogen-bond acceptors (Lipinski definition) is 4. The van der Waals surface area contributed by atoms with Crippen molar-refractivity contribution in [2.75, 3.05) is 20.3 Å². The first kappa shape index (κ1) is 13.1. The molecule has 1 atom stereocenters. The van der Waals surface area contributed by atoms with Gasteiger partial charge < -0.3 is 10.5 Å². The van der Waals surface area contributed by atoms with E-state index in [1.165, 1.54) is 13.4 Å². The molecule has 0 spiro atoms. The first-order valence-corrected chi connectivity index (χ1v) is 5.32. The normalized spacial score (nSPS) is 15.0. The first-order chi connectivity index (χ1) is 7.61. The number of nitrogens with two attached hydrogens (primary N) is 1. The molecule has 0 aliphatic heterocycles. The van der Waals surface area contributed by atoms with Gasteiger partial charge in [-0.05, 0) is 19.4 Å². The maximum atomic E-state index is 14.5. The fraction of sp³-hybridized carbons (Fsp3) is 0.800. The molecule has 0 saturated carbocycles. The molecule has 6 heteroatoms. The molecular weight excluding hydrogens is 211 g/mol. The smallest absolute Gasteiger partial charge is 0.141 e. The van der Waals surface area contributed by atoms with Crippen LogP contribution in [0.2, 0.25) is 0 Å². The third-order valence-corrected chi connectivity index (χ3v) is 2.51. The molecule has 2 N–H and O–H groups in total. The minimum Gasteiger partial charge on any atom is -0.381 e. The van der Waals surface area contributed by atoms with E-state index in [9.17, 15) is 4.39 Å². The van der Waals surface area contributed by atoms with E-state index in [-0.39, 0.29) is 13.0 Å². The Hall–Kier alpha value is -1.01. The number of alkyl halides is 1. The zero-order chi connectivity index (χ0) is 12.0. The predicted molar refractivity (Wildman–Crippen MR) is 58.7 cm³/mol. The average Bonchev–Trinajstić information content (AvgIpc) is 2.62. The van der Waals surface area contributed by atoms with Crippen molar-refractivity contribution in [2.24, 2.45) is 12.8 Å². The van der Waals surface area contributed by atoms with Gasteiger partial charge in [-0.25, -0.2) is 9.37 Å². The molecule has 92 valence electrons. The van der Waals surface area contributed by atoms with Crippen LogP contribution < -0.4 is 5.73 Å². The lowest BCUT2D eigenvalue weighted by Crippen LogP contribution is -2.33. The fourth-order valence-corrected chi connectivity index (χ4v) is 1.65. The lowest BCUT2D eigenvalue weighted by molar-refractivity contribution is 0.0314. The van der Waals surface area contributed by atoms with Gasteiger partial charge in [-0.15, -0.1) is 0 Å². The molecule has 0 aliphatic carbocycles. The van der Waals surface area contributed by atoms with E-state index in [1.807, 2.05) is 0 Å². The van der Waals surface area contributed by atoms with Crippen LogP contribution in [0, 0.1) is 0 Å². The molecule has 1 aromatic heterocycles. The molecular formula is C10H19FN4O. The Morgan fingerprint density at radius 1 is 1.62 bits per heavy atom. The summed E-state index contributed by atoms with van der Waals surface area (Å²) in [6, 6.07) is 0. The zero-order valence-corrected chi connectivity index (χ0v) is 9.82. The average molecular weight is 230 g/mol. The maximum absolute atomic E-state index is 14.5. The van der Waals surface area contributed by atoms with E-state index in [0.717, 1.165) is 0 Å². The van der Waals surface area contributed by atoms with Crippen molar-refractivity contribution in [3.05, 3.63) is 12.2 Å². The van der Waals surface area contributed by atoms with Gasteiger partial charge in [0, 0.05) is 20.6 Å². The number of methoxy groups -OCH3 is 1. The Morgan fingerprint density at radius 2 is 2.38 bits per heavy atom. The van der Waals surface area contributed by atoms with Gasteiger partial charge in [0.05, 0.1) is 6.61 Å². The lowest BCUT2D eigenvalue weighted by Gasteiger charge is -2.23. The van der Waals surface area contributed by atoms with Gasteiger partial charge in [-0.1, -0.05) is 0 Å². The molecule has 5 nitrogen and oxygen atoms in total. The quantitative estimate of drug-likeness (QED) is 0.738. The molecule has 0 aromatic carbocycles. The summed E-state index contributed by atoms with van der Waals surface area (Å²) >= 11 is 0. The van der Waals surface area contributed by atoms with E-state index in [4.69, 9.17) is 10.5 Å². The van der Waals surface area contributed by atoms with Gasteiger partial charge in [0.1, 0.15) is 17.8 Å². The molecule has 0 saturated heterocycles. The predicted octanol–water partition coefficient (Wildman–Crippen LogP) is 0.451. The molecule has 1 aromatic rings. The van der Waals surface area contributed by atoms with E-state index < -0.39 is 5.67 Å². The zero-order valence-electron chi connectivity index (χ0n) is 9.82. The number of nitrogens with zero attached hydrogens (tertiary/aromatic N) is 3. The van der Waals surface area contributed by atoms with E-state index in [0.29, 0.717) is 25.2 Å². The maximum Gasteiger partial charge on any atom is 0.141 e. The van der Waals surface area contributed by atoms with Crippen LogP contribution in [-0.4, -0.2) is 40.7 Å². The molecule has 16 heavy (non-hydrogen) atoms. The molecule has 0 amide bonds. The summed E-state index contributed by atoms with van der Waals surface area (Å²) in [5.74, 6) is 0.622. The van der Waals surface area contributed by atoms with Crippen LogP contribution in [-0.2, 0) is 18.2 Å². The van der Waals surface area contributed by atoms with E-state index >= 15 is 0 Å². The van der Waals surface area contributed by atoms with Crippen LogP contribution in [0.5, 0.6) is 0 Å². The summed E-state index contributed by atoms with van der Waals surface area (Å²) in [4.78, 5) is 4.02. The minimum atomic E-state index is -1.41. The van der Waals surface area contributed by atoms with E-state index in [2.05, 4.69) is 10.1 Å². The van der Waals surface area contributed by atoms with Crippen molar-refractivity contribution in [3.8, 4) is 0 Å². The van der Waals surface area contributed by atoms with Gasteiger partial charge in [0.25, 0.3) is 0 Å². The lowest BCUT2D eigenvalue weighted by atomic mass is 9.96.